The molecule has 2 nitrogen and oxygen atoms in total. The average Bonchev–Trinajstić information content (AvgIpc) is 2.87. The molecule has 1 aliphatic carbocycles. The van der Waals surface area contributed by atoms with E-state index in [0.29, 0.717) is 5.02 Å². The summed E-state index contributed by atoms with van der Waals surface area (Å²) in [5.74, 6) is 0. The van der Waals surface area contributed by atoms with Crippen LogP contribution < -0.4 is 5.32 Å². The summed E-state index contributed by atoms with van der Waals surface area (Å²) in [7, 11) is 0. The van der Waals surface area contributed by atoms with Crippen molar-refractivity contribution in [2.75, 3.05) is 0 Å². The highest BCUT2D eigenvalue weighted by Crippen LogP contribution is 2.19. The molecular weight excluding hydrogens is 172 g/mol. The minimum Gasteiger partial charge on any atom is -0.308 e. The summed E-state index contributed by atoms with van der Waals surface area (Å²) in [5.41, 5.74) is 1.06. The number of hydrogen-bond donors (Lipinski definition) is 1. The molecule has 0 atom stereocenters. The van der Waals surface area contributed by atoms with Crippen LogP contribution in [0.1, 0.15) is 18.5 Å². The Balaban J connectivity index is 1.89. The smallest absolute Gasteiger partial charge is 0.0589 e. The van der Waals surface area contributed by atoms with Gasteiger partial charge in [-0.1, -0.05) is 11.6 Å². The van der Waals surface area contributed by atoms with Crippen LogP contribution in [0.25, 0.3) is 0 Å². The second-order valence-corrected chi connectivity index (χ2v) is 3.56. The molecule has 1 saturated carbocycles. The Labute approximate surface area is 77.0 Å². The molecule has 0 radical (unpaired) electrons. The highest BCUT2D eigenvalue weighted by Gasteiger charge is 2.19. The largest absolute Gasteiger partial charge is 0.308 e. The Morgan fingerprint density at radius 3 is 2.92 bits per heavy atom. The number of rotatable bonds is 3. The van der Waals surface area contributed by atoms with Crippen LogP contribution in [-0.2, 0) is 6.54 Å². The maximum atomic E-state index is 5.70. The Bertz CT molecular complexity index is 254. The monoisotopic (exact) mass is 182 g/mol. The topological polar surface area (TPSA) is 24.9 Å². The van der Waals surface area contributed by atoms with E-state index in [1.165, 1.54) is 12.8 Å². The molecule has 0 saturated heterocycles. The third kappa shape index (κ3) is 2.19. The zero-order valence-corrected chi connectivity index (χ0v) is 7.51. The maximum Gasteiger partial charge on any atom is 0.0589 e. The van der Waals surface area contributed by atoms with Gasteiger partial charge in [0.2, 0.25) is 0 Å². The molecule has 0 amide bonds. The molecule has 1 aromatic heterocycles. The fourth-order valence-electron chi connectivity index (χ4n) is 1.05. The Kier molecular flexibility index (Phi) is 2.28. The van der Waals surface area contributed by atoms with Crippen LogP contribution >= 0.6 is 11.6 Å². The van der Waals surface area contributed by atoms with Gasteiger partial charge >= 0.3 is 0 Å². The zero-order valence-electron chi connectivity index (χ0n) is 6.76. The van der Waals surface area contributed by atoms with E-state index in [0.717, 1.165) is 18.3 Å². The SMILES string of the molecule is Clc1ccc(CNC2CC2)nc1. The van der Waals surface area contributed by atoms with Crippen molar-refractivity contribution in [1.29, 1.82) is 0 Å². The van der Waals surface area contributed by atoms with Crippen molar-refractivity contribution in [3.8, 4) is 0 Å². The van der Waals surface area contributed by atoms with E-state index in [1.807, 2.05) is 12.1 Å². The highest BCUT2D eigenvalue weighted by atomic mass is 35.5. The number of halogens is 1. The summed E-state index contributed by atoms with van der Waals surface area (Å²) in [6, 6.07) is 4.57. The fourth-order valence-corrected chi connectivity index (χ4v) is 1.16. The van der Waals surface area contributed by atoms with Gasteiger partial charge in [-0.25, -0.2) is 0 Å². The first kappa shape index (κ1) is 8.02. The van der Waals surface area contributed by atoms with Crippen molar-refractivity contribution < 1.29 is 0 Å². The summed E-state index contributed by atoms with van der Waals surface area (Å²) in [6.45, 7) is 0.863. The Hall–Kier alpha value is -0.600. The number of pyridine rings is 1. The quantitative estimate of drug-likeness (QED) is 0.774. The van der Waals surface area contributed by atoms with Crippen molar-refractivity contribution >= 4 is 11.6 Å². The standard InChI is InChI=1S/C9H11ClN2/c10-7-1-2-9(11-5-7)6-12-8-3-4-8/h1-2,5,8,12H,3-4,6H2. The first-order chi connectivity index (χ1) is 5.84. The van der Waals surface area contributed by atoms with Crippen LogP contribution in [0.3, 0.4) is 0 Å². The molecule has 3 heteroatoms. The Morgan fingerprint density at radius 1 is 1.50 bits per heavy atom. The summed E-state index contributed by atoms with van der Waals surface area (Å²) in [4.78, 5) is 4.18. The van der Waals surface area contributed by atoms with Gasteiger partial charge in [-0.3, -0.25) is 4.98 Å². The molecule has 1 N–H and O–H groups in total. The van der Waals surface area contributed by atoms with Gasteiger partial charge in [0, 0.05) is 18.8 Å². The predicted molar refractivity (Wildman–Crippen MR) is 49.1 cm³/mol. The van der Waals surface area contributed by atoms with Crippen LogP contribution in [-0.4, -0.2) is 11.0 Å². The third-order valence-corrected chi connectivity index (χ3v) is 2.16. The highest BCUT2D eigenvalue weighted by molar-refractivity contribution is 6.30. The molecule has 1 aliphatic rings. The lowest BCUT2D eigenvalue weighted by Crippen LogP contribution is -2.15. The van der Waals surface area contributed by atoms with Gasteiger partial charge in [0.15, 0.2) is 0 Å². The van der Waals surface area contributed by atoms with Crippen molar-refractivity contribution in [3.63, 3.8) is 0 Å². The minimum absolute atomic E-state index is 0.699. The van der Waals surface area contributed by atoms with Crippen molar-refractivity contribution in [2.45, 2.75) is 25.4 Å². The predicted octanol–water partition coefficient (Wildman–Crippen LogP) is 1.99. The van der Waals surface area contributed by atoms with E-state index in [2.05, 4.69) is 10.3 Å². The molecule has 64 valence electrons. The molecular formula is C9H11ClN2. The summed E-state index contributed by atoms with van der Waals surface area (Å²) < 4.78 is 0. The van der Waals surface area contributed by atoms with Gasteiger partial charge in [0.25, 0.3) is 0 Å². The van der Waals surface area contributed by atoms with E-state index in [4.69, 9.17) is 11.6 Å². The fraction of sp³-hybridized carbons (Fsp3) is 0.444. The first-order valence-electron chi connectivity index (χ1n) is 4.18. The molecule has 0 aromatic carbocycles. The van der Waals surface area contributed by atoms with Crippen molar-refractivity contribution in [1.82, 2.24) is 10.3 Å². The zero-order chi connectivity index (χ0) is 8.39. The van der Waals surface area contributed by atoms with Crippen molar-refractivity contribution in [3.05, 3.63) is 29.0 Å². The normalized spacial score (nSPS) is 16.4. The van der Waals surface area contributed by atoms with E-state index < -0.39 is 0 Å². The molecule has 1 heterocycles. The minimum atomic E-state index is 0.699. The van der Waals surface area contributed by atoms with E-state index >= 15 is 0 Å². The molecule has 2 rings (SSSR count). The molecule has 0 spiro atoms. The molecule has 1 aromatic rings. The lowest BCUT2D eigenvalue weighted by molar-refractivity contribution is 0.674. The first-order valence-corrected chi connectivity index (χ1v) is 4.56. The lowest BCUT2D eigenvalue weighted by Gasteiger charge is -2.00. The maximum absolute atomic E-state index is 5.70. The summed E-state index contributed by atoms with van der Waals surface area (Å²) in [6.07, 6.45) is 4.31. The van der Waals surface area contributed by atoms with Gasteiger partial charge in [0.05, 0.1) is 10.7 Å². The van der Waals surface area contributed by atoms with E-state index in [9.17, 15) is 0 Å². The van der Waals surface area contributed by atoms with Gasteiger partial charge in [-0.2, -0.15) is 0 Å². The van der Waals surface area contributed by atoms with Gasteiger partial charge in [-0.15, -0.1) is 0 Å². The van der Waals surface area contributed by atoms with E-state index in [1.54, 1.807) is 6.20 Å². The van der Waals surface area contributed by atoms with Crippen LogP contribution in [0, 0.1) is 0 Å². The van der Waals surface area contributed by atoms with E-state index in [-0.39, 0.29) is 0 Å². The average molecular weight is 183 g/mol. The molecule has 12 heavy (non-hydrogen) atoms. The van der Waals surface area contributed by atoms with Gasteiger partial charge in [0.1, 0.15) is 0 Å². The van der Waals surface area contributed by atoms with Crippen LogP contribution in [0.5, 0.6) is 0 Å². The second kappa shape index (κ2) is 3.42. The molecule has 0 unspecified atom stereocenters. The number of hydrogen-bond acceptors (Lipinski definition) is 2. The lowest BCUT2D eigenvalue weighted by atomic mass is 10.3. The number of aromatic nitrogens is 1. The molecule has 1 fully saturated rings. The molecule has 0 aliphatic heterocycles. The molecule has 0 bridgehead atoms. The van der Waals surface area contributed by atoms with Crippen molar-refractivity contribution in [2.24, 2.45) is 0 Å². The summed E-state index contributed by atoms with van der Waals surface area (Å²) in [5, 5.41) is 4.09. The third-order valence-electron chi connectivity index (χ3n) is 1.94. The number of nitrogens with zero attached hydrogens (tertiary/aromatic N) is 1. The van der Waals surface area contributed by atoms with Crippen LogP contribution in [0.2, 0.25) is 5.02 Å². The van der Waals surface area contributed by atoms with Gasteiger partial charge in [-0.05, 0) is 25.0 Å². The Morgan fingerprint density at radius 2 is 2.33 bits per heavy atom. The van der Waals surface area contributed by atoms with Gasteiger partial charge < -0.3 is 5.32 Å². The van der Waals surface area contributed by atoms with Crippen LogP contribution in [0.15, 0.2) is 18.3 Å². The second-order valence-electron chi connectivity index (χ2n) is 3.12. The number of nitrogens with one attached hydrogen (secondary N) is 1. The summed E-state index contributed by atoms with van der Waals surface area (Å²) >= 11 is 5.70. The van der Waals surface area contributed by atoms with Crippen LogP contribution in [0.4, 0.5) is 0 Å².